The molecule has 0 aromatic heterocycles. The number of hydrogen-bond acceptors (Lipinski definition) is 2. The van der Waals surface area contributed by atoms with E-state index in [1.54, 1.807) is 17.9 Å². The fraction of sp³-hybridized carbons (Fsp3) is 0.519. The monoisotopic (exact) mass is 545 g/mol. The Hall–Kier alpha value is -2.82. The number of likely N-dealkylation sites (tertiary alicyclic amines) is 2. The first kappa shape index (κ1) is 28.2. The van der Waals surface area contributed by atoms with E-state index in [4.69, 9.17) is 0 Å². The molecule has 4 rings (SSSR count). The molecule has 208 valence electrons. The quantitative estimate of drug-likeness (QED) is 0.386. The minimum Gasteiger partial charge on any atom is -0.323 e. The topological polar surface area (TPSA) is 26.8 Å². The van der Waals surface area contributed by atoms with Crippen molar-refractivity contribution in [3.05, 3.63) is 70.0 Å². The first-order chi connectivity index (χ1) is 17.7. The van der Waals surface area contributed by atoms with Gasteiger partial charge in [0.15, 0.2) is 0 Å². The number of piperidine rings is 1. The summed E-state index contributed by atoms with van der Waals surface area (Å²) in [5.74, 6) is -0.404. The number of amides is 2. The Kier molecular flexibility index (Phi) is 7.97. The third-order valence-electron chi connectivity index (χ3n) is 7.46. The van der Waals surface area contributed by atoms with Crippen molar-refractivity contribution in [3.63, 3.8) is 0 Å². The molecule has 2 aromatic rings. The molecule has 0 unspecified atom stereocenters. The van der Waals surface area contributed by atoms with Crippen LogP contribution in [0.3, 0.4) is 0 Å². The van der Waals surface area contributed by atoms with E-state index in [1.165, 1.54) is 19.2 Å². The number of rotatable bonds is 4. The van der Waals surface area contributed by atoms with Crippen LogP contribution in [0, 0.1) is 12.7 Å². The standard InChI is InChI=1S/C27H30F7N3O/c1-17-11-21(28)5-6-23(17)24-15-22(36-8-3-4-9-36)7-10-37(24)25(38)35(2)16-18-12-19(26(29,30)31)14-20(13-18)27(32,33)34/h5-6,11-14,22,24H,3-4,7-10,15-16H2,1-2H3/t22-,24-/m1/s1. The Morgan fingerprint density at radius 3 is 2.11 bits per heavy atom. The lowest BCUT2D eigenvalue weighted by molar-refractivity contribution is -0.143. The maximum atomic E-state index is 13.8. The molecular weight excluding hydrogens is 515 g/mol. The Bertz CT molecular complexity index is 1130. The number of urea groups is 1. The van der Waals surface area contributed by atoms with Gasteiger partial charge in [-0.15, -0.1) is 0 Å². The predicted octanol–water partition coefficient (Wildman–Crippen LogP) is 7.03. The average molecular weight is 546 g/mol. The van der Waals surface area contributed by atoms with Gasteiger partial charge in [0.25, 0.3) is 0 Å². The average Bonchev–Trinajstić information content (AvgIpc) is 3.37. The summed E-state index contributed by atoms with van der Waals surface area (Å²) in [4.78, 5) is 18.7. The highest BCUT2D eigenvalue weighted by Crippen LogP contribution is 2.38. The van der Waals surface area contributed by atoms with E-state index in [-0.39, 0.29) is 17.7 Å². The molecule has 2 aliphatic rings. The lowest BCUT2D eigenvalue weighted by Crippen LogP contribution is -2.51. The molecule has 0 radical (unpaired) electrons. The lowest BCUT2D eigenvalue weighted by atomic mass is 9.89. The third kappa shape index (κ3) is 6.24. The van der Waals surface area contributed by atoms with Crippen molar-refractivity contribution in [1.82, 2.24) is 14.7 Å². The van der Waals surface area contributed by atoms with Crippen LogP contribution in [-0.2, 0) is 18.9 Å². The van der Waals surface area contributed by atoms with Gasteiger partial charge in [0, 0.05) is 26.2 Å². The Morgan fingerprint density at radius 2 is 1.55 bits per heavy atom. The highest BCUT2D eigenvalue weighted by Gasteiger charge is 2.39. The summed E-state index contributed by atoms with van der Waals surface area (Å²) in [7, 11) is 1.36. The molecule has 0 N–H and O–H groups in total. The van der Waals surface area contributed by atoms with Gasteiger partial charge in [0.05, 0.1) is 17.2 Å². The SMILES string of the molecule is Cc1cc(F)ccc1[C@H]1C[C@H](N2CCCC2)CCN1C(=O)N(C)Cc1cc(C(F)(F)F)cc(C(F)(F)F)c1. The molecule has 11 heteroatoms. The smallest absolute Gasteiger partial charge is 0.323 e. The predicted molar refractivity (Wildman–Crippen MR) is 128 cm³/mol. The maximum absolute atomic E-state index is 13.8. The largest absolute Gasteiger partial charge is 0.416 e. The van der Waals surface area contributed by atoms with Gasteiger partial charge in [-0.1, -0.05) is 6.07 Å². The molecule has 0 bridgehead atoms. The second-order valence-electron chi connectivity index (χ2n) is 10.2. The summed E-state index contributed by atoms with van der Waals surface area (Å²) in [5.41, 5.74) is -1.67. The Balaban J connectivity index is 1.60. The first-order valence-electron chi connectivity index (χ1n) is 12.5. The zero-order valence-corrected chi connectivity index (χ0v) is 21.2. The summed E-state index contributed by atoms with van der Waals surface area (Å²) in [6.45, 7) is 3.61. The minimum atomic E-state index is -4.97. The Labute approximate surface area is 217 Å². The molecular formula is C27H30F7N3O. The van der Waals surface area contributed by atoms with Crippen molar-refractivity contribution >= 4 is 6.03 Å². The van der Waals surface area contributed by atoms with Crippen LogP contribution in [0.1, 0.15) is 59.5 Å². The van der Waals surface area contributed by atoms with E-state index in [1.807, 2.05) is 0 Å². The maximum Gasteiger partial charge on any atom is 0.416 e. The summed E-state index contributed by atoms with van der Waals surface area (Å²) in [6, 6.07) is 5.02. The van der Waals surface area contributed by atoms with Crippen molar-refractivity contribution in [1.29, 1.82) is 0 Å². The van der Waals surface area contributed by atoms with Crippen LogP contribution in [-0.4, -0.2) is 53.5 Å². The molecule has 0 aliphatic carbocycles. The number of aryl methyl sites for hydroxylation is 1. The minimum absolute atomic E-state index is 0.0712. The number of carbonyl (C=O) groups is 1. The van der Waals surface area contributed by atoms with Crippen molar-refractivity contribution in [2.24, 2.45) is 0 Å². The molecule has 2 saturated heterocycles. The van der Waals surface area contributed by atoms with Gasteiger partial charge in [-0.3, -0.25) is 0 Å². The van der Waals surface area contributed by atoms with Gasteiger partial charge in [-0.05, 0) is 92.7 Å². The second kappa shape index (κ2) is 10.7. The van der Waals surface area contributed by atoms with Crippen LogP contribution >= 0.6 is 0 Å². The van der Waals surface area contributed by atoms with E-state index < -0.39 is 47.9 Å². The van der Waals surface area contributed by atoms with Gasteiger partial charge in [0.2, 0.25) is 0 Å². The van der Waals surface area contributed by atoms with Crippen LogP contribution in [0.25, 0.3) is 0 Å². The van der Waals surface area contributed by atoms with E-state index in [9.17, 15) is 35.5 Å². The normalized spacial score (nSPS) is 21.1. The lowest BCUT2D eigenvalue weighted by Gasteiger charge is -2.44. The molecule has 2 atom stereocenters. The summed E-state index contributed by atoms with van der Waals surface area (Å²) in [6.07, 6.45) is -6.45. The van der Waals surface area contributed by atoms with Gasteiger partial charge in [-0.2, -0.15) is 26.3 Å². The number of halogens is 7. The molecule has 2 aromatic carbocycles. The van der Waals surface area contributed by atoms with E-state index in [0.29, 0.717) is 37.1 Å². The molecule has 4 nitrogen and oxygen atoms in total. The van der Waals surface area contributed by atoms with Crippen molar-refractivity contribution in [2.75, 3.05) is 26.7 Å². The number of benzene rings is 2. The molecule has 2 amide bonds. The van der Waals surface area contributed by atoms with Crippen molar-refractivity contribution in [3.8, 4) is 0 Å². The summed E-state index contributed by atoms with van der Waals surface area (Å²) < 4.78 is 93.7. The molecule has 2 heterocycles. The molecule has 0 saturated carbocycles. The highest BCUT2D eigenvalue weighted by atomic mass is 19.4. The van der Waals surface area contributed by atoms with Gasteiger partial charge >= 0.3 is 18.4 Å². The zero-order chi connectivity index (χ0) is 27.8. The van der Waals surface area contributed by atoms with Crippen molar-refractivity contribution < 1.29 is 35.5 Å². The third-order valence-corrected chi connectivity index (χ3v) is 7.46. The molecule has 2 aliphatic heterocycles. The van der Waals surface area contributed by atoms with Gasteiger partial charge < -0.3 is 14.7 Å². The molecule has 38 heavy (non-hydrogen) atoms. The molecule has 0 spiro atoms. The van der Waals surface area contributed by atoms with Gasteiger partial charge in [-0.25, -0.2) is 9.18 Å². The van der Waals surface area contributed by atoms with Crippen LogP contribution in [0.2, 0.25) is 0 Å². The highest BCUT2D eigenvalue weighted by molar-refractivity contribution is 5.75. The van der Waals surface area contributed by atoms with E-state index in [2.05, 4.69) is 4.90 Å². The van der Waals surface area contributed by atoms with Crippen LogP contribution in [0.15, 0.2) is 36.4 Å². The van der Waals surface area contributed by atoms with E-state index >= 15 is 0 Å². The van der Waals surface area contributed by atoms with Gasteiger partial charge in [0.1, 0.15) is 5.82 Å². The van der Waals surface area contributed by atoms with Crippen molar-refractivity contribution in [2.45, 2.75) is 63.6 Å². The number of hydrogen-bond donors (Lipinski definition) is 0. The fourth-order valence-corrected chi connectivity index (χ4v) is 5.59. The van der Waals surface area contributed by atoms with E-state index in [0.717, 1.165) is 36.4 Å². The summed E-state index contributed by atoms with van der Waals surface area (Å²) in [5, 5.41) is 0. The zero-order valence-electron chi connectivity index (χ0n) is 21.2. The first-order valence-corrected chi connectivity index (χ1v) is 12.5. The fourth-order valence-electron chi connectivity index (χ4n) is 5.59. The number of nitrogens with zero attached hydrogens (tertiary/aromatic N) is 3. The number of carbonyl (C=O) groups excluding carboxylic acids is 1. The number of alkyl halides is 6. The van der Waals surface area contributed by atoms with Crippen LogP contribution in [0.4, 0.5) is 35.5 Å². The Morgan fingerprint density at radius 1 is 0.947 bits per heavy atom. The summed E-state index contributed by atoms with van der Waals surface area (Å²) >= 11 is 0. The second-order valence-corrected chi connectivity index (χ2v) is 10.2. The van der Waals surface area contributed by atoms with Crippen LogP contribution < -0.4 is 0 Å². The molecule has 2 fully saturated rings. The van der Waals surface area contributed by atoms with Crippen LogP contribution in [0.5, 0.6) is 0 Å².